The van der Waals surface area contributed by atoms with Crippen molar-refractivity contribution in [3.8, 4) is 0 Å². The molecule has 0 atom stereocenters. The second-order valence-electron chi connectivity index (χ2n) is 4.57. The van der Waals surface area contributed by atoms with E-state index in [4.69, 9.17) is 4.74 Å². The third kappa shape index (κ3) is 5.93. The van der Waals surface area contributed by atoms with Crippen LogP contribution in [0.15, 0.2) is 22.7 Å². The fourth-order valence-electron chi connectivity index (χ4n) is 1.93. The van der Waals surface area contributed by atoms with Crippen molar-refractivity contribution in [2.24, 2.45) is 0 Å². The van der Waals surface area contributed by atoms with Crippen molar-refractivity contribution < 1.29 is 4.74 Å². The average molecular weight is 329 g/mol. The van der Waals surface area contributed by atoms with Gasteiger partial charge in [-0.15, -0.1) is 0 Å². The highest BCUT2D eigenvalue weighted by molar-refractivity contribution is 9.10. The summed E-state index contributed by atoms with van der Waals surface area (Å²) in [6.07, 6.45) is 1.16. The lowest BCUT2D eigenvalue weighted by Gasteiger charge is -2.23. The Balaban J connectivity index is 2.68. The number of ether oxygens (including phenoxy) is 1. The molecule has 3 nitrogen and oxygen atoms in total. The molecule has 0 aromatic heterocycles. The maximum atomic E-state index is 5.42. The Morgan fingerprint density at radius 1 is 1.32 bits per heavy atom. The Morgan fingerprint density at radius 2 is 2.11 bits per heavy atom. The van der Waals surface area contributed by atoms with Gasteiger partial charge in [0, 0.05) is 36.9 Å². The number of anilines is 1. The number of halogens is 1. The Hall–Kier alpha value is -0.580. The number of likely N-dealkylation sites (N-methyl/N-ethyl adjacent to an activating group) is 1. The van der Waals surface area contributed by atoms with Gasteiger partial charge in [-0.25, -0.2) is 0 Å². The zero-order chi connectivity index (χ0) is 14.1. The summed E-state index contributed by atoms with van der Waals surface area (Å²) in [6, 6.07) is 6.45. The minimum atomic E-state index is 0.769. The number of nitrogens with zero attached hydrogens (tertiary/aromatic N) is 1. The van der Waals surface area contributed by atoms with Crippen molar-refractivity contribution in [1.29, 1.82) is 0 Å². The lowest BCUT2D eigenvalue weighted by atomic mass is 10.1. The van der Waals surface area contributed by atoms with Crippen LogP contribution >= 0.6 is 15.9 Å². The highest BCUT2D eigenvalue weighted by atomic mass is 79.9. The van der Waals surface area contributed by atoms with E-state index in [0.717, 1.165) is 43.7 Å². The topological polar surface area (TPSA) is 24.5 Å². The van der Waals surface area contributed by atoms with Crippen molar-refractivity contribution in [2.45, 2.75) is 26.8 Å². The van der Waals surface area contributed by atoms with E-state index < -0.39 is 0 Å². The van der Waals surface area contributed by atoms with Gasteiger partial charge in [-0.1, -0.05) is 22.9 Å². The van der Waals surface area contributed by atoms with Gasteiger partial charge in [0.1, 0.15) is 0 Å². The first-order valence-electron chi connectivity index (χ1n) is 6.97. The second-order valence-corrected chi connectivity index (χ2v) is 5.48. The lowest BCUT2D eigenvalue weighted by Crippen LogP contribution is -2.25. The molecule has 0 radical (unpaired) electrons. The first kappa shape index (κ1) is 16.5. The molecule has 0 bridgehead atoms. The first-order chi connectivity index (χ1) is 9.19. The van der Waals surface area contributed by atoms with Gasteiger partial charge >= 0.3 is 0 Å². The van der Waals surface area contributed by atoms with Crippen molar-refractivity contribution in [3.05, 3.63) is 28.2 Å². The fraction of sp³-hybridized carbons (Fsp3) is 0.600. The van der Waals surface area contributed by atoms with Crippen LogP contribution in [0.25, 0.3) is 0 Å². The predicted molar refractivity (Wildman–Crippen MR) is 85.9 cm³/mol. The Labute approximate surface area is 125 Å². The van der Waals surface area contributed by atoms with Crippen LogP contribution in [0.5, 0.6) is 0 Å². The molecule has 1 rings (SSSR count). The summed E-state index contributed by atoms with van der Waals surface area (Å²) in [5.74, 6) is 0. The average Bonchev–Trinajstić information content (AvgIpc) is 2.39. The normalized spacial score (nSPS) is 10.7. The molecule has 0 fully saturated rings. The summed E-state index contributed by atoms with van der Waals surface area (Å²) in [5, 5.41) is 3.46. The molecular formula is C15H25BrN2O. The van der Waals surface area contributed by atoms with E-state index in [-0.39, 0.29) is 0 Å². The maximum Gasteiger partial charge on any atom is 0.0641 e. The van der Waals surface area contributed by atoms with Crippen LogP contribution < -0.4 is 10.2 Å². The summed E-state index contributed by atoms with van der Waals surface area (Å²) < 4.78 is 6.55. The number of hydrogen-bond donors (Lipinski definition) is 1. The number of rotatable bonds is 9. The molecule has 19 heavy (non-hydrogen) atoms. The smallest absolute Gasteiger partial charge is 0.0641 e. The summed E-state index contributed by atoms with van der Waals surface area (Å²) in [7, 11) is 2.12. The van der Waals surface area contributed by atoms with Crippen LogP contribution in [0, 0.1) is 0 Å². The zero-order valence-corrected chi connectivity index (χ0v) is 13.8. The van der Waals surface area contributed by atoms with Crippen molar-refractivity contribution in [3.63, 3.8) is 0 Å². The predicted octanol–water partition coefficient (Wildman–Crippen LogP) is 3.42. The monoisotopic (exact) mass is 328 g/mol. The molecule has 0 aliphatic carbocycles. The van der Waals surface area contributed by atoms with E-state index >= 15 is 0 Å². The minimum absolute atomic E-state index is 0.769. The van der Waals surface area contributed by atoms with Gasteiger partial charge in [-0.3, -0.25) is 0 Å². The third-order valence-electron chi connectivity index (χ3n) is 2.97. The number of hydrogen-bond acceptors (Lipinski definition) is 3. The standard InChI is InChI=1S/C15H25BrN2O/c1-4-8-17-12-13-11-14(16)6-7-15(13)18(3)9-10-19-5-2/h6-7,11,17H,4-5,8-10,12H2,1-3H3. The van der Waals surface area contributed by atoms with E-state index in [9.17, 15) is 0 Å². The molecule has 0 saturated carbocycles. The zero-order valence-electron chi connectivity index (χ0n) is 12.2. The van der Waals surface area contributed by atoms with Crippen LogP contribution in [0.3, 0.4) is 0 Å². The van der Waals surface area contributed by atoms with E-state index in [2.05, 4.69) is 58.3 Å². The van der Waals surface area contributed by atoms with Crippen LogP contribution in [0.1, 0.15) is 25.8 Å². The molecular weight excluding hydrogens is 304 g/mol. The van der Waals surface area contributed by atoms with Gasteiger partial charge in [0.2, 0.25) is 0 Å². The van der Waals surface area contributed by atoms with E-state index in [1.54, 1.807) is 0 Å². The Morgan fingerprint density at radius 3 is 2.79 bits per heavy atom. The van der Waals surface area contributed by atoms with E-state index in [1.165, 1.54) is 11.3 Å². The summed E-state index contributed by atoms with van der Waals surface area (Å²) in [6.45, 7) is 8.62. The SMILES string of the molecule is CCCNCc1cc(Br)ccc1N(C)CCOCC. The summed E-state index contributed by atoms with van der Waals surface area (Å²) in [4.78, 5) is 2.26. The quantitative estimate of drug-likeness (QED) is 0.703. The second kappa shape index (κ2) is 9.34. The van der Waals surface area contributed by atoms with Crippen LogP contribution in [0.4, 0.5) is 5.69 Å². The molecule has 0 saturated heterocycles. The number of nitrogens with one attached hydrogen (secondary N) is 1. The number of benzene rings is 1. The highest BCUT2D eigenvalue weighted by Crippen LogP contribution is 2.23. The molecule has 0 aliphatic rings. The first-order valence-corrected chi connectivity index (χ1v) is 7.76. The fourth-order valence-corrected chi connectivity index (χ4v) is 2.34. The molecule has 0 spiro atoms. The van der Waals surface area contributed by atoms with Crippen molar-refractivity contribution in [2.75, 3.05) is 38.3 Å². The highest BCUT2D eigenvalue weighted by Gasteiger charge is 2.07. The molecule has 4 heteroatoms. The third-order valence-corrected chi connectivity index (χ3v) is 3.46. The van der Waals surface area contributed by atoms with Gasteiger partial charge in [0.15, 0.2) is 0 Å². The van der Waals surface area contributed by atoms with Crippen LogP contribution in [-0.2, 0) is 11.3 Å². The minimum Gasteiger partial charge on any atom is -0.380 e. The molecule has 1 aromatic carbocycles. The van der Waals surface area contributed by atoms with Gasteiger partial charge in [-0.2, -0.15) is 0 Å². The van der Waals surface area contributed by atoms with E-state index in [0.29, 0.717) is 0 Å². The van der Waals surface area contributed by atoms with Crippen molar-refractivity contribution in [1.82, 2.24) is 5.32 Å². The van der Waals surface area contributed by atoms with Crippen LogP contribution in [-0.4, -0.2) is 33.4 Å². The summed E-state index contributed by atoms with van der Waals surface area (Å²) >= 11 is 3.55. The largest absolute Gasteiger partial charge is 0.380 e. The van der Waals surface area contributed by atoms with E-state index in [1.807, 2.05) is 6.92 Å². The molecule has 0 amide bonds. The van der Waals surface area contributed by atoms with Gasteiger partial charge in [0.05, 0.1) is 6.61 Å². The van der Waals surface area contributed by atoms with Gasteiger partial charge in [-0.05, 0) is 43.7 Å². The molecule has 0 unspecified atom stereocenters. The maximum absolute atomic E-state index is 5.42. The van der Waals surface area contributed by atoms with Gasteiger partial charge < -0.3 is 15.0 Å². The molecule has 0 heterocycles. The molecule has 0 aliphatic heterocycles. The summed E-state index contributed by atoms with van der Waals surface area (Å²) in [5.41, 5.74) is 2.59. The molecule has 1 N–H and O–H groups in total. The lowest BCUT2D eigenvalue weighted by molar-refractivity contribution is 0.154. The Bertz CT molecular complexity index is 371. The Kier molecular flexibility index (Phi) is 8.10. The van der Waals surface area contributed by atoms with Crippen molar-refractivity contribution >= 4 is 21.6 Å². The molecule has 1 aromatic rings. The van der Waals surface area contributed by atoms with Crippen LogP contribution in [0.2, 0.25) is 0 Å². The molecule has 108 valence electrons. The van der Waals surface area contributed by atoms with Gasteiger partial charge in [0.25, 0.3) is 0 Å².